The second-order valence-electron chi connectivity index (χ2n) is 4.52. The first-order valence-corrected chi connectivity index (χ1v) is 8.54. The van der Waals surface area contributed by atoms with E-state index in [1.54, 1.807) is 6.92 Å². The van der Waals surface area contributed by atoms with Crippen molar-refractivity contribution in [3.8, 4) is 0 Å². The average molecular weight is 373 g/mol. The van der Waals surface area contributed by atoms with Gasteiger partial charge in [-0.15, -0.1) is 0 Å². The van der Waals surface area contributed by atoms with E-state index in [4.69, 9.17) is 16.0 Å². The standard InChI is InChI=1S/C14H13ClN2O6S/c1-3-10-11(16-7-23-10)13(18)17-24(20,21)12-8(14(19)22-2)5-4-6-9(12)15/h4-7H,3H2,1-2H3,(H,17,18). The molecule has 1 aromatic heterocycles. The lowest BCUT2D eigenvalue weighted by molar-refractivity contribution is 0.0596. The van der Waals surface area contributed by atoms with Gasteiger partial charge in [-0.2, -0.15) is 0 Å². The lowest BCUT2D eigenvalue weighted by Gasteiger charge is -2.11. The number of hydrogen-bond donors (Lipinski definition) is 1. The van der Waals surface area contributed by atoms with Crippen LogP contribution in [0.4, 0.5) is 0 Å². The number of ether oxygens (including phenoxy) is 1. The van der Waals surface area contributed by atoms with Crippen molar-refractivity contribution in [2.24, 2.45) is 0 Å². The topological polar surface area (TPSA) is 116 Å². The molecule has 2 rings (SSSR count). The number of amides is 1. The number of aromatic nitrogens is 1. The van der Waals surface area contributed by atoms with Crippen molar-refractivity contribution in [3.05, 3.63) is 46.6 Å². The predicted molar refractivity (Wildman–Crippen MR) is 83.3 cm³/mol. The molecule has 128 valence electrons. The number of benzene rings is 1. The molecule has 10 heteroatoms. The second-order valence-corrected chi connectivity index (χ2v) is 6.55. The first-order valence-electron chi connectivity index (χ1n) is 6.68. The van der Waals surface area contributed by atoms with E-state index in [-0.39, 0.29) is 22.0 Å². The van der Waals surface area contributed by atoms with Crippen molar-refractivity contribution in [1.82, 2.24) is 9.71 Å². The van der Waals surface area contributed by atoms with Crippen LogP contribution in [0, 0.1) is 0 Å². The lowest BCUT2D eigenvalue weighted by Crippen LogP contribution is -2.32. The van der Waals surface area contributed by atoms with Crippen molar-refractivity contribution >= 4 is 33.5 Å². The van der Waals surface area contributed by atoms with Crippen molar-refractivity contribution in [1.29, 1.82) is 0 Å². The molecule has 1 amide bonds. The molecule has 0 aliphatic rings. The number of esters is 1. The molecule has 0 aliphatic carbocycles. The number of nitrogens with one attached hydrogen (secondary N) is 1. The third-order valence-electron chi connectivity index (χ3n) is 3.05. The number of nitrogens with zero attached hydrogens (tertiary/aromatic N) is 1. The van der Waals surface area contributed by atoms with Crippen LogP contribution in [-0.2, 0) is 21.2 Å². The molecule has 0 spiro atoms. The van der Waals surface area contributed by atoms with Crippen molar-refractivity contribution in [2.75, 3.05) is 7.11 Å². The van der Waals surface area contributed by atoms with Crippen molar-refractivity contribution < 1.29 is 27.2 Å². The van der Waals surface area contributed by atoms with Gasteiger partial charge in [-0.1, -0.05) is 24.6 Å². The highest BCUT2D eigenvalue weighted by molar-refractivity contribution is 7.90. The number of methoxy groups -OCH3 is 1. The van der Waals surface area contributed by atoms with Crippen LogP contribution < -0.4 is 4.72 Å². The summed E-state index contributed by atoms with van der Waals surface area (Å²) in [5.74, 6) is -1.66. The molecule has 0 saturated heterocycles. The highest BCUT2D eigenvalue weighted by Crippen LogP contribution is 2.26. The highest BCUT2D eigenvalue weighted by atomic mass is 35.5. The number of hydrogen-bond acceptors (Lipinski definition) is 7. The minimum Gasteiger partial charge on any atom is -0.465 e. The van der Waals surface area contributed by atoms with Gasteiger partial charge in [0.25, 0.3) is 15.9 Å². The Morgan fingerprint density at radius 2 is 2.08 bits per heavy atom. The van der Waals surface area contributed by atoms with Gasteiger partial charge >= 0.3 is 5.97 Å². The summed E-state index contributed by atoms with van der Waals surface area (Å²) in [4.78, 5) is 27.1. The molecule has 1 heterocycles. The van der Waals surface area contributed by atoms with E-state index in [1.165, 1.54) is 18.2 Å². The molecule has 0 aliphatic heterocycles. The van der Waals surface area contributed by atoms with Crippen LogP contribution >= 0.6 is 11.6 Å². The molecule has 0 atom stereocenters. The minimum atomic E-state index is -4.44. The Kier molecular flexibility index (Phi) is 5.25. The third-order valence-corrected chi connectivity index (χ3v) is 4.90. The van der Waals surface area contributed by atoms with Crippen LogP contribution in [0.25, 0.3) is 0 Å². The zero-order valence-corrected chi connectivity index (χ0v) is 14.3. The van der Waals surface area contributed by atoms with E-state index < -0.39 is 26.8 Å². The highest BCUT2D eigenvalue weighted by Gasteiger charge is 2.29. The van der Waals surface area contributed by atoms with Crippen LogP contribution in [0.15, 0.2) is 33.9 Å². The summed E-state index contributed by atoms with van der Waals surface area (Å²) >= 11 is 5.91. The molecule has 0 saturated carbocycles. The normalized spacial score (nSPS) is 11.1. The molecular weight excluding hydrogens is 360 g/mol. The first-order chi connectivity index (χ1) is 11.3. The van der Waals surface area contributed by atoms with Gasteiger partial charge in [0.1, 0.15) is 10.7 Å². The van der Waals surface area contributed by atoms with Crippen LogP contribution in [-0.4, -0.2) is 32.4 Å². The van der Waals surface area contributed by atoms with Crippen LogP contribution in [0.1, 0.15) is 33.5 Å². The number of aryl methyl sites for hydroxylation is 1. The fourth-order valence-electron chi connectivity index (χ4n) is 1.98. The summed E-state index contributed by atoms with van der Waals surface area (Å²) in [7, 11) is -3.34. The van der Waals surface area contributed by atoms with Gasteiger partial charge in [0.05, 0.1) is 17.7 Å². The van der Waals surface area contributed by atoms with Gasteiger partial charge in [0.15, 0.2) is 12.1 Å². The van der Waals surface area contributed by atoms with E-state index in [1.807, 2.05) is 4.72 Å². The quantitative estimate of drug-likeness (QED) is 0.795. The smallest absolute Gasteiger partial charge is 0.339 e. The van der Waals surface area contributed by atoms with E-state index in [9.17, 15) is 18.0 Å². The molecule has 0 unspecified atom stereocenters. The maximum atomic E-state index is 12.5. The van der Waals surface area contributed by atoms with Gasteiger partial charge in [-0.3, -0.25) is 4.79 Å². The number of carbonyl (C=O) groups excluding carboxylic acids is 2. The van der Waals surface area contributed by atoms with Gasteiger partial charge in [-0.05, 0) is 12.1 Å². The summed E-state index contributed by atoms with van der Waals surface area (Å²) in [5, 5.41) is -0.228. The fraction of sp³-hybridized carbons (Fsp3) is 0.214. The van der Waals surface area contributed by atoms with Crippen LogP contribution in [0.2, 0.25) is 5.02 Å². The third kappa shape index (κ3) is 3.41. The molecule has 24 heavy (non-hydrogen) atoms. The zero-order valence-electron chi connectivity index (χ0n) is 12.7. The average Bonchev–Trinajstić information content (AvgIpc) is 3.01. The number of carbonyl (C=O) groups is 2. The second kappa shape index (κ2) is 7.02. The number of sulfonamides is 1. The summed E-state index contributed by atoms with van der Waals surface area (Å²) in [6.45, 7) is 1.72. The molecule has 1 N–H and O–H groups in total. The SMILES string of the molecule is CCc1ocnc1C(=O)NS(=O)(=O)c1c(Cl)cccc1C(=O)OC. The Hall–Kier alpha value is -2.39. The number of oxazole rings is 1. The summed E-state index contributed by atoms with van der Waals surface area (Å²) < 4.78 is 36.4. The zero-order chi connectivity index (χ0) is 17.9. The first kappa shape index (κ1) is 18.0. The van der Waals surface area contributed by atoms with Gasteiger partial charge < -0.3 is 9.15 Å². The van der Waals surface area contributed by atoms with Crippen molar-refractivity contribution in [2.45, 2.75) is 18.2 Å². The van der Waals surface area contributed by atoms with E-state index in [0.29, 0.717) is 6.42 Å². The van der Waals surface area contributed by atoms with Crippen LogP contribution in [0.3, 0.4) is 0 Å². The summed E-state index contributed by atoms with van der Waals surface area (Å²) in [5.41, 5.74) is -0.450. The van der Waals surface area contributed by atoms with Crippen LogP contribution in [0.5, 0.6) is 0 Å². The molecule has 8 nitrogen and oxygen atoms in total. The molecule has 2 aromatic rings. The minimum absolute atomic E-state index is 0.159. The lowest BCUT2D eigenvalue weighted by atomic mass is 10.2. The van der Waals surface area contributed by atoms with E-state index >= 15 is 0 Å². The van der Waals surface area contributed by atoms with Gasteiger partial charge in [-0.25, -0.2) is 22.9 Å². The molecule has 0 fully saturated rings. The Bertz CT molecular complexity index is 890. The molecule has 1 aromatic carbocycles. The fourth-order valence-corrected chi connectivity index (χ4v) is 3.67. The Labute approximate surface area is 142 Å². The number of halogens is 1. The Morgan fingerprint density at radius 1 is 1.38 bits per heavy atom. The van der Waals surface area contributed by atoms with Gasteiger partial charge in [0, 0.05) is 6.42 Å². The van der Waals surface area contributed by atoms with E-state index in [0.717, 1.165) is 13.5 Å². The summed E-state index contributed by atoms with van der Waals surface area (Å²) in [6, 6.07) is 3.90. The predicted octanol–water partition coefficient (Wildman–Crippen LogP) is 1.80. The monoisotopic (exact) mass is 372 g/mol. The Morgan fingerprint density at radius 3 is 2.71 bits per heavy atom. The molecular formula is C14H13ClN2O6S. The van der Waals surface area contributed by atoms with Crippen molar-refractivity contribution in [3.63, 3.8) is 0 Å². The Balaban J connectivity index is 2.45. The number of rotatable bonds is 5. The molecule has 0 bridgehead atoms. The summed E-state index contributed by atoms with van der Waals surface area (Å²) in [6.07, 6.45) is 1.39. The maximum absolute atomic E-state index is 12.5. The maximum Gasteiger partial charge on any atom is 0.339 e. The van der Waals surface area contributed by atoms with Gasteiger partial charge in [0.2, 0.25) is 0 Å². The van der Waals surface area contributed by atoms with E-state index in [2.05, 4.69) is 9.72 Å². The largest absolute Gasteiger partial charge is 0.465 e. The molecule has 0 radical (unpaired) electrons.